The minimum atomic E-state index is -0.400. The summed E-state index contributed by atoms with van der Waals surface area (Å²) in [4.78, 5) is 17.7. The molecule has 0 unspecified atom stereocenters. The van der Waals surface area contributed by atoms with Gasteiger partial charge in [-0.1, -0.05) is 104 Å². The average Bonchev–Trinajstić information content (AvgIpc) is 3.65. The fraction of sp³-hybridized carbons (Fsp3) is 0.224. The molecule has 7 nitrogen and oxygen atoms in total. The molecule has 0 radical (unpaired) electrons. The number of Topliss-reactive ketones (excluding diaryl/α,β-unsaturated/α-hetero) is 1. The zero-order chi connectivity index (χ0) is 39.5. The highest BCUT2D eigenvalue weighted by Gasteiger charge is 2.43. The van der Waals surface area contributed by atoms with Gasteiger partial charge in [-0.25, -0.2) is 0 Å². The Labute approximate surface area is 370 Å². The monoisotopic (exact) mass is 934 g/mol. The van der Waals surface area contributed by atoms with Gasteiger partial charge in [0, 0.05) is 61.3 Å². The van der Waals surface area contributed by atoms with Gasteiger partial charge in [-0.05, 0) is 78.2 Å². The minimum absolute atomic E-state index is 0. The number of halogens is 2. The molecule has 2 aliphatic rings. The Bertz CT molecular complexity index is 2530. The molecule has 2 heterocycles. The van der Waals surface area contributed by atoms with Crippen molar-refractivity contribution >= 4 is 56.3 Å². The van der Waals surface area contributed by atoms with Crippen molar-refractivity contribution in [2.24, 2.45) is 0 Å². The van der Waals surface area contributed by atoms with Crippen molar-refractivity contribution in [1.29, 1.82) is 0 Å². The first-order valence-electron chi connectivity index (χ1n) is 19.1. The summed E-state index contributed by atoms with van der Waals surface area (Å²) in [6.45, 7) is 8.30. The molecule has 0 fully saturated rings. The van der Waals surface area contributed by atoms with Gasteiger partial charge in [-0.3, -0.25) is 4.79 Å². The number of hydrogen-bond acceptors (Lipinski definition) is 7. The van der Waals surface area contributed by atoms with Crippen LogP contribution < -0.4 is 31.2 Å². The van der Waals surface area contributed by atoms with Crippen LogP contribution in [0, 0.1) is 6.92 Å². The van der Waals surface area contributed by atoms with Crippen LogP contribution in [0.1, 0.15) is 49.4 Å². The van der Waals surface area contributed by atoms with Crippen LogP contribution in [0.5, 0.6) is 11.5 Å². The standard InChI is InChI=1S/C48H44BrN2O5S.CH4.BrH/c1-32-14-20-42-43(26-32)56-45(51(42)30-33-10-6-4-7-11-33)29-39-46(53)38(47(39)57-31-34-15-18-37(19-16-34)55-36-12-8-5-9-13-36)28-44-48(2,3)40-27-35(49)17-21-41(40)50(44)22-24-54-25-23-52;;/h4-21,26-29,52H,22-25,30-31H2,1-3H3;1H4;1H/q+1;;/p-1. The Morgan fingerprint density at radius 2 is 1.58 bits per heavy atom. The number of ether oxygens (including phenoxy) is 2. The molecule has 0 bridgehead atoms. The lowest BCUT2D eigenvalue weighted by atomic mass is 9.81. The molecule has 10 heteroatoms. The molecule has 0 saturated heterocycles. The number of carbonyl (C=O) groups excluding carboxylic acids is 1. The number of aliphatic hydroxyl groups excluding tert-OH is 1. The lowest BCUT2D eigenvalue weighted by Crippen LogP contribution is -3.00. The van der Waals surface area contributed by atoms with Crippen molar-refractivity contribution in [1.82, 2.24) is 0 Å². The van der Waals surface area contributed by atoms with Crippen LogP contribution in [0.15, 0.2) is 158 Å². The summed E-state index contributed by atoms with van der Waals surface area (Å²) in [5.74, 6) is 2.80. The predicted molar refractivity (Wildman–Crippen MR) is 238 cm³/mol. The largest absolute Gasteiger partial charge is 1.00 e. The first kappa shape index (κ1) is 43.9. The van der Waals surface area contributed by atoms with Crippen molar-refractivity contribution in [2.75, 3.05) is 31.3 Å². The second-order valence-corrected chi connectivity index (χ2v) is 16.7. The number of hydrogen-bond donors (Lipinski definition) is 1. The molecule has 1 aliphatic carbocycles. The number of oxazole rings is 1. The van der Waals surface area contributed by atoms with Crippen molar-refractivity contribution < 1.29 is 45.3 Å². The summed E-state index contributed by atoms with van der Waals surface area (Å²) in [5, 5.41) is 9.36. The van der Waals surface area contributed by atoms with Gasteiger partial charge in [-0.15, -0.1) is 11.8 Å². The van der Waals surface area contributed by atoms with E-state index in [1.165, 1.54) is 5.56 Å². The van der Waals surface area contributed by atoms with E-state index in [2.05, 4.69) is 101 Å². The van der Waals surface area contributed by atoms with Gasteiger partial charge in [0.1, 0.15) is 11.5 Å². The third-order valence-electron chi connectivity index (χ3n) is 10.4. The quantitative estimate of drug-likeness (QED) is 0.0673. The number of aromatic nitrogens is 1. The highest BCUT2D eigenvalue weighted by Crippen LogP contribution is 2.51. The first-order valence-corrected chi connectivity index (χ1v) is 20.9. The van der Waals surface area contributed by atoms with E-state index >= 15 is 0 Å². The Hall–Kier alpha value is -4.71. The number of ketones is 1. The van der Waals surface area contributed by atoms with Crippen LogP contribution >= 0.6 is 27.7 Å². The van der Waals surface area contributed by atoms with E-state index in [0.717, 1.165) is 60.1 Å². The van der Waals surface area contributed by atoms with Crippen LogP contribution in [0.2, 0.25) is 0 Å². The maximum absolute atomic E-state index is 14.5. The highest BCUT2D eigenvalue weighted by atomic mass is 79.9. The fourth-order valence-corrected chi connectivity index (χ4v) is 8.94. The number of anilines is 1. The number of fused-ring (bicyclic) bond motifs is 2. The summed E-state index contributed by atoms with van der Waals surface area (Å²) in [6.07, 6.45) is 4.01. The number of allylic oxidation sites excluding steroid dienone is 4. The summed E-state index contributed by atoms with van der Waals surface area (Å²) < 4.78 is 21.5. The number of rotatable bonds is 14. The van der Waals surface area contributed by atoms with E-state index in [-0.39, 0.29) is 43.4 Å². The number of para-hydroxylation sites is 1. The Kier molecular flexibility index (Phi) is 14.2. The molecule has 0 spiro atoms. The number of aliphatic hydroxyl groups is 1. The summed E-state index contributed by atoms with van der Waals surface area (Å²) in [5.41, 5.74) is 9.26. The van der Waals surface area contributed by atoms with Crippen molar-refractivity contribution in [3.63, 3.8) is 0 Å². The molecule has 59 heavy (non-hydrogen) atoms. The van der Waals surface area contributed by atoms with E-state index in [1.54, 1.807) is 11.8 Å². The first-order chi connectivity index (χ1) is 27.7. The van der Waals surface area contributed by atoms with Crippen molar-refractivity contribution in [3.05, 3.63) is 182 Å². The number of carbonyl (C=O) groups is 1. The van der Waals surface area contributed by atoms with E-state index in [9.17, 15) is 9.90 Å². The zero-order valence-electron chi connectivity index (χ0n) is 32.6. The van der Waals surface area contributed by atoms with E-state index in [1.807, 2.05) is 78.9 Å². The molecule has 304 valence electrons. The average molecular weight is 937 g/mol. The molecule has 6 aromatic rings. The smallest absolute Gasteiger partial charge is 0.375 e. The van der Waals surface area contributed by atoms with Gasteiger partial charge in [-0.2, -0.15) is 4.57 Å². The van der Waals surface area contributed by atoms with Gasteiger partial charge < -0.3 is 40.9 Å². The van der Waals surface area contributed by atoms with Crippen LogP contribution in [0.25, 0.3) is 17.2 Å². The van der Waals surface area contributed by atoms with Crippen LogP contribution in [-0.2, 0) is 27.2 Å². The number of aryl methyl sites for hydroxylation is 1. The third-order valence-corrected chi connectivity index (χ3v) is 12.1. The lowest BCUT2D eigenvalue weighted by Gasteiger charge is -2.30. The summed E-state index contributed by atoms with van der Waals surface area (Å²) >= 11 is 5.34. The van der Waals surface area contributed by atoms with Crippen LogP contribution in [0.3, 0.4) is 0 Å². The molecule has 5 aromatic carbocycles. The van der Waals surface area contributed by atoms with E-state index < -0.39 is 5.41 Å². The lowest BCUT2D eigenvalue weighted by molar-refractivity contribution is -0.669. The molecule has 1 aliphatic heterocycles. The molecule has 1 aromatic heterocycles. The van der Waals surface area contributed by atoms with Crippen LogP contribution in [0.4, 0.5) is 5.69 Å². The maximum Gasteiger partial charge on any atom is 0.375 e. The second-order valence-electron chi connectivity index (χ2n) is 14.8. The maximum atomic E-state index is 14.5. The van der Waals surface area contributed by atoms with Gasteiger partial charge in [0.25, 0.3) is 5.52 Å². The Balaban J connectivity index is 0.00000293. The number of nitrogens with zero attached hydrogens (tertiary/aromatic N) is 2. The Morgan fingerprint density at radius 1 is 0.864 bits per heavy atom. The Morgan fingerprint density at radius 3 is 2.31 bits per heavy atom. The predicted octanol–water partition coefficient (Wildman–Crippen LogP) is 8.12. The third kappa shape index (κ3) is 9.37. The van der Waals surface area contributed by atoms with Crippen molar-refractivity contribution in [2.45, 2.75) is 45.9 Å². The second kappa shape index (κ2) is 19.1. The van der Waals surface area contributed by atoms with E-state index in [0.29, 0.717) is 42.5 Å². The molecule has 1 N–H and O–H groups in total. The summed E-state index contributed by atoms with van der Waals surface area (Å²) in [7, 11) is 0. The summed E-state index contributed by atoms with van der Waals surface area (Å²) in [6, 6.07) is 40.7. The molecule has 0 amide bonds. The molecular formula is C49H48Br2N2O5S. The normalized spacial score (nSPS) is 15.6. The van der Waals surface area contributed by atoms with E-state index in [4.69, 9.17) is 13.9 Å². The topological polar surface area (TPSA) is 76.0 Å². The SMILES string of the molecule is C.Cc1ccc2c(c1)oc(C=C1C(=O)C(C=C3N(CCOCCO)c4ccc(Br)cc4C3(C)C)=C1SCc1ccc(Oc3ccccc3)cc1)[n+]2Cc1ccccc1.[Br-]. The minimum Gasteiger partial charge on any atom is -1.00 e. The van der Waals surface area contributed by atoms with Gasteiger partial charge in [0.15, 0.2) is 12.3 Å². The van der Waals surface area contributed by atoms with Crippen LogP contribution in [-0.4, -0.2) is 37.3 Å². The van der Waals surface area contributed by atoms with Gasteiger partial charge >= 0.3 is 5.89 Å². The highest BCUT2D eigenvalue weighted by molar-refractivity contribution is 9.10. The molecule has 8 rings (SSSR count). The zero-order valence-corrected chi connectivity index (χ0v) is 36.6. The fourth-order valence-electron chi connectivity index (χ4n) is 7.47. The van der Waals surface area contributed by atoms with Gasteiger partial charge in [0.2, 0.25) is 5.58 Å². The van der Waals surface area contributed by atoms with Crippen molar-refractivity contribution in [3.8, 4) is 11.5 Å². The molecule has 0 saturated carbocycles. The molecular weight excluding hydrogens is 888 g/mol. The number of thioether (sulfide) groups is 1. The van der Waals surface area contributed by atoms with Gasteiger partial charge in [0.05, 0.1) is 25.9 Å². The molecule has 0 atom stereocenters. The number of benzene rings is 5.